The molecule has 32 heavy (non-hydrogen) atoms. The molecule has 2 aromatic heterocycles. The standard InChI is InChI=1S/C26H30N4O2/c1-26(2,3)18-10-8-17(9-11-18)23-22-21(28(6)25(32)29(7)24(22)31)16-30(23)20-14-12-19(13-15-20)27(4)5/h8-16H,1-7H3. The van der Waals surface area contributed by atoms with Gasteiger partial charge in [0.2, 0.25) is 0 Å². The zero-order valence-electron chi connectivity index (χ0n) is 19.8. The van der Waals surface area contributed by atoms with Crippen molar-refractivity contribution < 1.29 is 0 Å². The topological polar surface area (TPSA) is 52.2 Å². The van der Waals surface area contributed by atoms with Crippen LogP contribution in [-0.4, -0.2) is 27.8 Å². The van der Waals surface area contributed by atoms with Gasteiger partial charge in [-0.3, -0.25) is 13.9 Å². The van der Waals surface area contributed by atoms with Crippen LogP contribution in [-0.2, 0) is 19.5 Å². The van der Waals surface area contributed by atoms with Crippen LogP contribution in [0.5, 0.6) is 0 Å². The van der Waals surface area contributed by atoms with Gasteiger partial charge >= 0.3 is 5.69 Å². The van der Waals surface area contributed by atoms with E-state index in [-0.39, 0.29) is 16.7 Å². The second-order valence-corrected chi connectivity index (χ2v) is 9.55. The molecule has 0 bridgehead atoms. The maximum Gasteiger partial charge on any atom is 0.330 e. The summed E-state index contributed by atoms with van der Waals surface area (Å²) in [7, 11) is 7.23. The first-order chi connectivity index (χ1) is 15.0. The smallest absolute Gasteiger partial charge is 0.330 e. The fraction of sp³-hybridized carbons (Fsp3) is 0.308. The minimum atomic E-state index is -0.336. The van der Waals surface area contributed by atoms with Crippen LogP contribution in [0.4, 0.5) is 5.69 Å². The third kappa shape index (κ3) is 3.45. The van der Waals surface area contributed by atoms with E-state index in [2.05, 4.69) is 45.0 Å². The number of hydrogen-bond donors (Lipinski definition) is 0. The van der Waals surface area contributed by atoms with Gasteiger partial charge in [-0.25, -0.2) is 4.79 Å². The summed E-state index contributed by atoms with van der Waals surface area (Å²) in [4.78, 5) is 27.9. The Bertz CT molecular complexity index is 1410. The quantitative estimate of drug-likeness (QED) is 0.493. The summed E-state index contributed by atoms with van der Waals surface area (Å²) in [6.45, 7) is 6.54. The van der Waals surface area contributed by atoms with Crippen molar-refractivity contribution in [1.29, 1.82) is 0 Å². The Morgan fingerprint density at radius 3 is 1.94 bits per heavy atom. The van der Waals surface area contributed by atoms with Gasteiger partial charge in [-0.2, -0.15) is 0 Å². The van der Waals surface area contributed by atoms with Gasteiger partial charge in [-0.15, -0.1) is 0 Å². The Kier molecular flexibility index (Phi) is 5.12. The Labute approximate surface area is 188 Å². The average molecular weight is 431 g/mol. The van der Waals surface area contributed by atoms with Gasteiger partial charge in [0.1, 0.15) is 0 Å². The van der Waals surface area contributed by atoms with Crippen LogP contribution in [0.3, 0.4) is 0 Å². The van der Waals surface area contributed by atoms with Crippen molar-refractivity contribution in [1.82, 2.24) is 13.7 Å². The number of nitrogens with zero attached hydrogens (tertiary/aromatic N) is 4. The van der Waals surface area contributed by atoms with Crippen molar-refractivity contribution in [3.63, 3.8) is 0 Å². The lowest BCUT2D eigenvalue weighted by Crippen LogP contribution is -2.36. The highest BCUT2D eigenvalue weighted by atomic mass is 16.2. The summed E-state index contributed by atoms with van der Waals surface area (Å²) >= 11 is 0. The van der Waals surface area contributed by atoms with Gasteiger partial charge in [0.05, 0.1) is 16.6 Å². The zero-order chi connectivity index (χ0) is 23.4. The van der Waals surface area contributed by atoms with E-state index >= 15 is 0 Å². The second kappa shape index (κ2) is 7.55. The van der Waals surface area contributed by atoms with Crippen LogP contribution in [0, 0.1) is 0 Å². The van der Waals surface area contributed by atoms with Crippen LogP contribution >= 0.6 is 0 Å². The van der Waals surface area contributed by atoms with Gasteiger partial charge < -0.3 is 9.47 Å². The first-order valence-electron chi connectivity index (χ1n) is 10.7. The van der Waals surface area contributed by atoms with Crippen molar-refractivity contribution >= 4 is 16.6 Å². The zero-order valence-corrected chi connectivity index (χ0v) is 19.8. The molecule has 0 aliphatic heterocycles. The highest BCUT2D eigenvalue weighted by molar-refractivity contribution is 5.94. The van der Waals surface area contributed by atoms with Crippen LogP contribution < -0.4 is 16.1 Å². The SMILES string of the molecule is CN(C)c1ccc(-n2cc3c(c2-c2ccc(C(C)(C)C)cc2)c(=O)n(C)c(=O)n3C)cc1. The molecule has 2 aromatic carbocycles. The molecular weight excluding hydrogens is 400 g/mol. The maximum atomic E-state index is 13.2. The fourth-order valence-corrected chi connectivity index (χ4v) is 4.07. The van der Waals surface area contributed by atoms with Crippen molar-refractivity contribution in [2.75, 3.05) is 19.0 Å². The van der Waals surface area contributed by atoms with E-state index in [1.54, 1.807) is 7.05 Å². The lowest BCUT2D eigenvalue weighted by molar-refractivity contribution is 0.590. The van der Waals surface area contributed by atoms with E-state index in [0.29, 0.717) is 10.9 Å². The summed E-state index contributed by atoms with van der Waals surface area (Å²) in [5.74, 6) is 0. The summed E-state index contributed by atoms with van der Waals surface area (Å²) in [6.07, 6.45) is 1.88. The highest BCUT2D eigenvalue weighted by Gasteiger charge is 2.21. The number of benzene rings is 2. The Morgan fingerprint density at radius 1 is 0.812 bits per heavy atom. The normalized spacial score (nSPS) is 11.8. The van der Waals surface area contributed by atoms with Crippen LogP contribution in [0.1, 0.15) is 26.3 Å². The molecule has 0 aliphatic carbocycles. The first kappa shape index (κ1) is 21.7. The fourth-order valence-electron chi connectivity index (χ4n) is 4.07. The molecule has 4 aromatic rings. The van der Waals surface area contributed by atoms with E-state index in [4.69, 9.17) is 0 Å². The maximum absolute atomic E-state index is 13.2. The predicted octanol–water partition coefficient (Wildman–Crippen LogP) is 4.06. The van der Waals surface area contributed by atoms with Gasteiger partial charge in [0, 0.05) is 45.8 Å². The van der Waals surface area contributed by atoms with E-state index in [1.807, 2.05) is 54.0 Å². The summed E-state index contributed by atoms with van der Waals surface area (Å²) in [5.41, 5.74) is 4.98. The minimum Gasteiger partial charge on any atom is -0.378 e. The first-order valence-corrected chi connectivity index (χ1v) is 10.7. The van der Waals surface area contributed by atoms with Crippen LogP contribution in [0.15, 0.2) is 64.3 Å². The van der Waals surface area contributed by atoms with Crippen LogP contribution in [0.2, 0.25) is 0 Å². The molecule has 0 aliphatic rings. The number of fused-ring (bicyclic) bond motifs is 1. The van der Waals surface area contributed by atoms with Gasteiger partial charge in [-0.1, -0.05) is 45.0 Å². The molecular formula is C26H30N4O2. The van der Waals surface area contributed by atoms with E-state index in [0.717, 1.165) is 22.6 Å². The third-order valence-electron chi connectivity index (χ3n) is 6.11. The molecule has 6 nitrogen and oxygen atoms in total. The van der Waals surface area contributed by atoms with Crippen molar-refractivity contribution in [3.8, 4) is 16.9 Å². The average Bonchev–Trinajstić information content (AvgIpc) is 3.16. The monoisotopic (exact) mass is 430 g/mol. The van der Waals surface area contributed by atoms with Gasteiger partial charge in [0.25, 0.3) is 5.56 Å². The lowest BCUT2D eigenvalue weighted by Gasteiger charge is -2.19. The third-order valence-corrected chi connectivity index (χ3v) is 6.11. The van der Waals surface area contributed by atoms with Crippen LogP contribution in [0.25, 0.3) is 27.8 Å². The molecule has 6 heteroatoms. The van der Waals surface area contributed by atoms with E-state index in [9.17, 15) is 9.59 Å². The molecule has 0 fully saturated rings. The highest BCUT2D eigenvalue weighted by Crippen LogP contribution is 2.33. The number of rotatable bonds is 3. The Hall–Kier alpha value is -3.54. The number of aromatic nitrogens is 3. The minimum absolute atomic E-state index is 0.0324. The van der Waals surface area contributed by atoms with Gasteiger partial charge in [-0.05, 0) is 40.8 Å². The summed E-state index contributed by atoms with van der Waals surface area (Å²) in [5, 5.41) is 0.537. The molecule has 0 radical (unpaired) electrons. The molecule has 0 unspecified atom stereocenters. The number of anilines is 1. The summed E-state index contributed by atoms with van der Waals surface area (Å²) < 4.78 is 4.72. The molecule has 0 saturated heterocycles. The Morgan fingerprint density at radius 2 is 1.41 bits per heavy atom. The number of aryl methyl sites for hydroxylation is 1. The van der Waals surface area contributed by atoms with Crippen molar-refractivity contribution in [3.05, 3.63) is 81.1 Å². The lowest BCUT2D eigenvalue weighted by atomic mass is 9.86. The largest absolute Gasteiger partial charge is 0.378 e. The molecule has 0 atom stereocenters. The van der Waals surface area contributed by atoms with Crippen molar-refractivity contribution in [2.45, 2.75) is 26.2 Å². The molecule has 2 heterocycles. The molecule has 0 amide bonds. The second-order valence-electron chi connectivity index (χ2n) is 9.55. The van der Waals surface area contributed by atoms with Gasteiger partial charge in [0.15, 0.2) is 0 Å². The molecule has 4 rings (SSSR count). The molecule has 166 valence electrons. The molecule has 0 saturated carbocycles. The molecule has 0 N–H and O–H groups in total. The predicted molar refractivity (Wildman–Crippen MR) is 132 cm³/mol. The van der Waals surface area contributed by atoms with E-state index < -0.39 is 0 Å². The van der Waals surface area contributed by atoms with E-state index in [1.165, 1.54) is 21.7 Å². The Balaban J connectivity index is 2.06. The number of hydrogen-bond acceptors (Lipinski definition) is 3. The van der Waals surface area contributed by atoms with Crippen molar-refractivity contribution in [2.24, 2.45) is 14.1 Å². The summed E-state index contributed by atoms with van der Waals surface area (Å²) in [6, 6.07) is 16.5. The molecule has 0 spiro atoms.